The molecule has 0 aliphatic carbocycles. The predicted molar refractivity (Wildman–Crippen MR) is 48.2 cm³/mol. The molecule has 1 N–H and O–H groups in total. The van der Waals surface area contributed by atoms with Gasteiger partial charge in [-0.15, -0.1) is 0 Å². The van der Waals surface area contributed by atoms with E-state index in [-0.39, 0.29) is 6.61 Å². The lowest BCUT2D eigenvalue weighted by molar-refractivity contribution is -0.162. The molecular weight excluding hydrogens is 250 g/mol. The van der Waals surface area contributed by atoms with Crippen LogP contribution in [-0.2, 0) is 24.4 Å². The van der Waals surface area contributed by atoms with Gasteiger partial charge in [-0.2, -0.15) is 17.2 Å². The van der Waals surface area contributed by atoms with Crippen LogP contribution >= 0.6 is 0 Å². The normalized spacial score (nSPS) is 12.8. The molecular formula is C7H10F2O6S. The average molecular weight is 260 g/mol. The first kappa shape index (κ1) is 14.8. The Morgan fingerprint density at radius 3 is 2.44 bits per heavy atom. The summed E-state index contributed by atoms with van der Waals surface area (Å²) in [5.74, 6) is -2.35. The molecule has 0 saturated heterocycles. The van der Waals surface area contributed by atoms with Crippen molar-refractivity contribution in [1.29, 1.82) is 0 Å². The third-order valence-corrected chi connectivity index (χ3v) is 2.04. The van der Waals surface area contributed by atoms with Gasteiger partial charge in [-0.25, -0.2) is 4.79 Å². The van der Waals surface area contributed by atoms with Gasteiger partial charge in [-0.3, -0.25) is 4.55 Å². The molecule has 94 valence electrons. The number of esters is 1. The minimum absolute atomic E-state index is 0.211. The van der Waals surface area contributed by atoms with Crippen molar-refractivity contribution in [2.24, 2.45) is 0 Å². The topological polar surface area (TPSA) is 89.9 Å². The number of ether oxygens (including phenoxy) is 2. The fraction of sp³-hybridized carbons (Fsp3) is 0.571. The van der Waals surface area contributed by atoms with Crippen LogP contribution in [-0.4, -0.2) is 37.4 Å². The molecule has 0 saturated carbocycles. The molecule has 0 heterocycles. The quantitative estimate of drug-likeness (QED) is 0.325. The molecule has 0 unspecified atom stereocenters. The monoisotopic (exact) mass is 260 g/mol. The molecule has 0 rings (SSSR count). The standard InChI is InChI=1S/C7H10F2O6S/c1-2-3-14-4-5-15-6(10)7(8,9)16(11,12)13/h2-3H,4-5H2,1H3,(H,11,12,13). The lowest BCUT2D eigenvalue weighted by atomic mass is 10.7. The van der Waals surface area contributed by atoms with E-state index in [1.54, 1.807) is 6.92 Å². The van der Waals surface area contributed by atoms with Gasteiger partial charge in [0.1, 0.15) is 13.2 Å². The highest BCUT2D eigenvalue weighted by atomic mass is 32.2. The number of carbonyl (C=O) groups excluding carboxylic acids is 1. The molecule has 0 fully saturated rings. The van der Waals surface area contributed by atoms with Crippen LogP contribution in [0, 0.1) is 0 Å². The number of hydrogen-bond donors (Lipinski definition) is 1. The van der Waals surface area contributed by atoms with Crippen LogP contribution in [0.3, 0.4) is 0 Å². The van der Waals surface area contributed by atoms with Gasteiger partial charge < -0.3 is 9.47 Å². The van der Waals surface area contributed by atoms with Gasteiger partial charge >= 0.3 is 21.3 Å². The molecule has 6 nitrogen and oxygen atoms in total. The van der Waals surface area contributed by atoms with Crippen molar-refractivity contribution in [2.45, 2.75) is 12.2 Å². The molecule has 0 aliphatic rings. The van der Waals surface area contributed by atoms with E-state index in [0.29, 0.717) is 0 Å². The van der Waals surface area contributed by atoms with Crippen molar-refractivity contribution >= 4 is 16.1 Å². The van der Waals surface area contributed by atoms with E-state index in [4.69, 9.17) is 4.55 Å². The third-order valence-electron chi connectivity index (χ3n) is 1.23. The van der Waals surface area contributed by atoms with Crippen LogP contribution < -0.4 is 0 Å². The first-order chi connectivity index (χ1) is 7.23. The van der Waals surface area contributed by atoms with Gasteiger partial charge in [0.05, 0.1) is 6.26 Å². The van der Waals surface area contributed by atoms with Crippen LogP contribution in [0.1, 0.15) is 6.92 Å². The summed E-state index contributed by atoms with van der Waals surface area (Å²) in [4.78, 5) is 10.6. The van der Waals surface area contributed by atoms with Crippen molar-refractivity contribution in [2.75, 3.05) is 13.2 Å². The average Bonchev–Trinajstić information content (AvgIpc) is 2.15. The second-order valence-corrected chi connectivity index (χ2v) is 3.93. The molecule has 0 amide bonds. The number of alkyl halides is 2. The molecule has 0 aromatic carbocycles. The highest BCUT2D eigenvalue weighted by Gasteiger charge is 2.54. The Morgan fingerprint density at radius 2 is 2.00 bits per heavy atom. The zero-order valence-electron chi connectivity index (χ0n) is 8.22. The second kappa shape index (κ2) is 5.75. The zero-order valence-corrected chi connectivity index (χ0v) is 9.04. The predicted octanol–water partition coefficient (Wildman–Crippen LogP) is 0.560. The molecule has 0 aromatic rings. The van der Waals surface area contributed by atoms with Crippen LogP contribution in [0.5, 0.6) is 0 Å². The fourth-order valence-electron chi connectivity index (χ4n) is 0.536. The largest absolute Gasteiger partial charge is 0.498 e. The number of hydrogen-bond acceptors (Lipinski definition) is 5. The lowest BCUT2D eigenvalue weighted by Gasteiger charge is -2.11. The molecule has 0 spiro atoms. The number of carbonyl (C=O) groups is 1. The first-order valence-electron chi connectivity index (χ1n) is 3.98. The first-order valence-corrected chi connectivity index (χ1v) is 5.42. The van der Waals surface area contributed by atoms with Crippen molar-refractivity contribution in [1.82, 2.24) is 0 Å². The van der Waals surface area contributed by atoms with Crippen LogP contribution in [0.2, 0.25) is 0 Å². The highest BCUT2D eigenvalue weighted by Crippen LogP contribution is 2.21. The van der Waals surface area contributed by atoms with Gasteiger partial charge in [0.15, 0.2) is 0 Å². The van der Waals surface area contributed by atoms with E-state index in [9.17, 15) is 22.0 Å². The maximum Gasteiger partial charge on any atom is 0.465 e. The third kappa shape index (κ3) is 4.11. The summed E-state index contributed by atoms with van der Waals surface area (Å²) in [6.07, 6.45) is 2.74. The minimum Gasteiger partial charge on any atom is -0.498 e. The maximum atomic E-state index is 12.5. The van der Waals surface area contributed by atoms with Gasteiger partial charge in [0.25, 0.3) is 0 Å². The smallest absolute Gasteiger partial charge is 0.465 e. The van der Waals surface area contributed by atoms with Crippen LogP contribution in [0.25, 0.3) is 0 Å². The lowest BCUT2D eigenvalue weighted by Crippen LogP contribution is -2.39. The Bertz CT molecular complexity index is 361. The zero-order chi connectivity index (χ0) is 12.8. The van der Waals surface area contributed by atoms with Crippen molar-refractivity contribution < 1.29 is 36.0 Å². The van der Waals surface area contributed by atoms with Gasteiger partial charge in [0, 0.05) is 0 Å². The summed E-state index contributed by atoms with van der Waals surface area (Å²) in [6.45, 7) is 0.865. The summed E-state index contributed by atoms with van der Waals surface area (Å²) < 4.78 is 61.8. The van der Waals surface area contributed by atoms with Crippen molar-refractivity contribution in [3.63, 3.8) is 0 Å². The van der Waals surface area contributed by atoms with E-state index < -0.39 is 27.9 Å². The fourth-order valence-corrected chi connectivity index (χ4v) is 0.806. The molecule has 0 aromatic heterocycles. The van der Waals surface area contributed by atoms with Gasteiger partial charge in [0.2, 0.25) is 0 Å². The van der Waals surface area contributed by atoms with E-state index in [1.165, 1.54) is 12.3 Å². The summed E-state index contributed by atoms with van der Waals surface area (Å²) in [5.41, 5.74) is 0. The molecule has 0 atom stereocenters. The maximum absolute atomic E-state index is 12.5. The SMILES string of the molecule is CC=COCCOC(=O)C(F)(F)S(=O)(=O)O. The van der Waals surface area contributed by atoms with Gasteiger partial charge in [-0.1, -0.05) is 6.08 Å². The molecule has 0 radical (unpaired) electrons. The molecule has 0 bridgehead atoms. The Morgan fingerprint density at radius 1 is 1.44 bits per heavy atom. The summed E-state index contributed by atoms with van der Waals surface area (Å²) >= 11 is 0. The summed E-state index contributed by atoms with van der Waals surface area (Å²) in [6, 6.07) is 0. The van der Waals surface area contributed by atoms with E-state index >= 15 is 0 Å². The Kier molecular flexibility index (Phi) is 5.31. The Balaban J connectivity index is 4.18. The van der Waals surface area contributed by atoms with E-state index in [0.717, 1.165) is 0 Å². The summed E-state index contributed by atoms with van der Waals surface area (Å²) in [7, 11) is -5.81. The Hall–Kier alpha value is -1.22. The Labute approximate surface area is 90.6 Å². The van der Waals surface area contributed by atoms with E-state index in [1.807, 2.05) is 0 Å². The number of halogens is 2. The van der Waals surface area contributed by atoms with Crippen molar-refractivity contribution in [3.05, 3.63) is 12.3 Å². The van der Waals surface area contributed by atoms with Crippen LogP contribution in [0.15, 0.2) is 12.3 Å². The number of allylic oxidation sites excluding steroid dienone is 1. The van der Waals surface area contributed by atoms with Gasteiger partial charge in [-0.05, 0) is 6.92 Å². The van der Waals surface area contributed by atoms with E-state index in [2.05, 4.69) is 9.47 Å². The number of rotatable bonds is 6. The van der Waals surface area contributed by atoms with Crippen LogP contribution in [0.4, 0.5) is 8.78 Å². The molecule has 16 heavy (non-hydrogen) atoms. The second-order valence-electron chi connectivity index (χ2n) is 2.47. The highest BCUT2D eigenvalue weighted by molar-refractivity contribution is 7.87. The summed E-state index contributed by atoms with van der Waals surface area (Å²) in [5, 5.41) is -4.96. The minimum atomic E-state index is -5.81. The van der Waals surface area contributed by atoms with Crippen molar-refractivity contribution in [3.8, 4) is 0 Å². The molecule has 9 heteroatoms. The molecule has 0 aliphatic heterocycles.